The molecule has 1 aliphatic rings. The first-order valence-electron chi connectivity index (χ1n) is 5.15. The van der Waals surface area contributed by atoms with E-state index in [0.29, 0.717) is 0 Å². The lowest BCUT2D eigenvalue weighted by atomic mass is 10.1. The Morgan fingerprint density at radius 1 is 1.67 bits per heavy atom. The van der Waals surface area contributed by atoms with Crippen molar-refractivity contribution in [2.75, 3.05) is 0 Å². The van der Waals surface area contributed by atoms with Crippen molar-refractivity contribution in [3.63, 3.8) is 0 Å². The van der Waals surface area contributed by atoms with Crippen molar-refractivity contribution in [3.05, 3.63) is 24.0 Å². The molecule has 0 amide bonds. The van der Waals surface area contributed by atoms with Gasteiger partial charge in [0.05, 0.1) is 6.20 Å². The summed E-state index contributed by atoms with van der Waals surface area (Å²) in [6.45, 7) is 1.63. The van der Waals surface area contributed by atoms with Gasteiger partial charge in [0.2, 0.25) is 0 Å². The zero-order valence-corrected chi connectivity index (χ0v) is 8.68. The van der Waals surface area contributed by atoms with Crippen LogP contribution in [0.5, 0.6) is 0 Å². The van der Waals surface area contributed by atoms with E-state index in [1.165, 1.54) is 16.7 Å². The predicted molar refractivity (Wildman–Crippen MR) is 56.4 cm³/mol. The molecule has 1 unspecified atom stereocenters. The molecule has 1 N–H and O–H groups in total. The first kappa shape index (κ1) is 9.96. The van der Waals surface area contributed by atoms with Crippen LogP contribution in [0.15, 0.2) is 18.5 Å². The SMILES string of the molecule is CC(C(=O)O)n1cc(C2=CCCC2)cn1. The first-order chi connectivity index (χ1) is 7.18. The Balaban J connectivity index is 2.20. The number of aliphatic carboxylic acids is 1. The van der Waals surface area contributed by atoms with E-state index >= 15 is 0 Å². The number of carboxylic acids is 1. The molecular weight excluding hydrogens is 192 g/mol. The fraction of sp³-hybridized carbons (Fsp3) is 0.455. The molecule has 4 heteroatoms. The molecule has 1 aromatic heterocycles. The zero-order chi connectivity index (χ0) is 10.8. The summed E-state index contributed by atoms with van der Waals surface area (Å²) in [5, 5.41) is 12.9. The van der Waals surface area contributed by atoms with Gasteiger partial charge in [0.25, 0.3) is 0 Å². The Morgan fingerprint density at radius 2 is 2.47 bits per heavy atom. The number of nitrogens with zero attached hydrogens (tertiary/aromatic N) is 2. The second kappa shape index (κ2) is 3.88. The smallest absolute Gasteiger partial charge is 0.328 e. The van der Waals surface area contributed by atoms with Gasteiger partial charge in [-0.1, -0.05) is 6.08 Å². The second-order valence-electron chi connectivity index (χ2n) is 3.84. The molecule has 15 heavy (non-hydrogen) atoms. The van der Waals surface area contributed by atoms with Gasteiger partial charge in [-0.15, -0.1) is 0 Å². The van der Waals surface area contributed by atoms with Crippen molar-refractivity contribution in [1.29, 1.82) is 0 Å². The Hall–Kier alpha value is -1.58. The fourth-order valence-corrected chi connectivity index (χ4v) is 1.76. The van der Waals surface area contributed by atoms with Crippen LogP contribution in [-0.4, -0.2) is 20.9 Å². The third-order valence-electron chi connectivity index (χ3n) is 2.77. The third kappa shape index (κ3) is 1.93. The van der Waals surface area contributed by atoms with E-state index in [1.54, 1.807) is 13.1 Å². The molecule has 0 aliphatic heterocycles. The number of allylic oxidation sites excluding steroid dienone is 2. The number of rotatable bonds is 3. The molecule has 0 aromatic carbocycles. The predicted octanol–water partition coefficient (Wildman–Crippen LogP) is 2.10. The van der Waals surface area contributed by atoms with Crippen LogP contribution in [0, 0.1) is 0 Å². The monoisotopic (exact) mass is 206 g/mol. The van der Waals surface area contributed by atoms with Crippen molar-refractivity contribution in [1.82, 2.24) is 9.78 Å². The molecule has 4 nitrogen and oxygen atoms in total. The molecule has 1 heterocycles. The van der Waals surface area contributed by atoms with Crippen LogP contribution in [0.2, 0.25) is 0 Å². The molecule has 2 rings (SSSR count). The van der Waals surface area contributed by atoms with E-state index < -0.39 is 12.0 Å². The van der Waals surface area contributed by atoms with E-state index in [-0.39, 0.29) is 0 Å². The van der Waals surface area contributed by atoms with Crippen LogP contribution in [0.1, 0.15) is 37.8 Å². The molecule has 0 bridgehead atoms. The summed E-state index contributed by atoms with van der Waals surface area (Å²) >= 11 is 0. The number of hydrogen-bond donors (Lipinski definition) is 1. The van der Waals surface area contributed by atoms with E-state index in [4.69, 9.17) is 5.11 Å². The minimum absolute atomic E-state index is 0.597. The average molecular weight is 206 g/mol. The van der Waals surface area contributed by atoms with Gasteiger partial charge in [-0.05, 0) is 31.8 Å². The van der Waals surface area contributed by atoms with Gasteiger partial charge >= 0.3 is 5.97 Å². The lowest BCUT2D eigenvalue weighted by molar-refractivity contribution is -0.140. The molecule has 0 fully saturated rings. The summed E-state index contributed by atoms with van der Waals surface area (Å²) in [4.78, 5) is 10.8. The molecule has 1 aliphatic carbocycles. The highest BCUT2D eigenvalue weighted by Gasteiger charge is 2.16. The van der Waals surface area contributed by atoms with Gasteiger partial charge in [0.15, 0.2) is 0 Å². The zero-order valence-electron chi connectivity index (χ0n) is 8.68. The van der Waals surface area contributed by atoms with Crippen molar-refractivity contribution in [3.8, 4) is 0 Å². The maximum atomic E-state index is 10.8. The highest BCUT2D eigenvalue weighted by molar-refractivity contribution is 5.71. The van der Waals surface area contributed by atoms with Gasteiger partial charge in [-0.2, -0.15) is 5.10 Å². The van der Waals surface area contributed by atoms with Crippen LogP contribution in [0.3, 0.4) is 0 Å². The van der Waals surface area contributed by atoms with E-state index in [1.807, 2.05) is 6.20 Å². The number of carboxylic acid groups (broad SMARTS) is 1. The van der Waals surface area contributed by atoms with Gasteiger partial charge in [-0.25, -0.2) is 4.79 Å². The molecule has 0 saturated carbocycles. The van der Waals surface area contributed by atoms with Gasteiger partial charge in [-0.3, -0.25) is 4.68 Å². The Bertz CT molecular complexity index is 406. The highest BCUT2D eigenvalue weighted by Crippen LogP contribution is 2.27. The van der Waals surface area contributed by atoms with Gasteiger partial charge in [0, 0.05) is 11.8 Å². The lowest BCUT2D eigenvalue weighted by Gasteiger charge is -2.05. The fourth-order valence-electron chi connectivity index (χ4n) is 1.76. The molecule has 80 valence electrons. The molecule has 0 saturated heterocycles. The number of hydrogen-bond acceptors (Lipinski definition) is 2. The summed E-state index contributed by atoms with van der Waals surface area (Å²) < 4.78 is 1.50. The largest absolute Gasteiger partial charge is 0.480 e. The standard InChI is InChI=1S/C11H14N2O2/c1-8(11(14)15)13-7-10(6-12-13)9-4-2-3-5-9/h4,6-8H,2-3,5H2,1H3,(H,14,15). The summed E-state index contributed by atoms with van der Waals surface area (Å²) in [7, 11) is 0. The minimum atomic E-state index is -0.856. The summed E-state index contributed by atoms with van der Waals surface area (Å²) in [5.74, 6) is -0.856. The van der Waals surface area contributed by atoms with Crippen molar-refractivity contribution < 1.29 is 9.90 Å². The molecule has 1 aromatic rings. The summed E-state index contributed by atoms with van der Waals surface area (Å²) in [6.07, 6.45) is 9.15. The van der Waals surface area contributed by atoms with Crippen LogP contribution in [0.4, 0.5) is 0 Å². The Kier molecular flexibility index (Phi) is 2.58. The minimum Gasteiger partial charge on any atom is -0.480 e. The van der Waals surface area contributed by atoms with Crippen molar-refractivity contribution >= 4 is 11.5 Å². The topological polar surface area (TPSA) is 55.1 Å². The summed E-state index contributed by atoms with van der Waals surface area (Å²) in [5.41, 5.74) is 2.35. The Morgan fingerprint density at radius 3 is 3.07 bits per heavy atom. The quantitative estimate of drug-likeness (QED) is 0.823. The molecule has 1 atom stereocenters. The van der Waals surface area contributed by atoms with E-state index in [9.17, 15) is 4.79 Å². The van der Waals surface area contributed by atoms with E-state index in [2.05, 4.69) is 11.2 Å². The van der Waals surface area contributed by atoms with Gasteiger partial charge < -0.3 is 5.11 Å². The van der Waals surface area contributed by atoms with E-state index in [0.717, 1.165) is 18.4 Å². The summed E-state index contributed by atoms with van der Waals surface area (Å²) in [6, 6.07) is -0.597. The number of aromatic nitrogens is 2. The van der Waals surface area contributed by atoms with Crippen LogP contribution < -0.4 is 0 Å². The van der Waals surface area contributed by atoms with Crippen LogP contribution in [0.25, 0.3) is 5.57 Å². The second-order valence-corrected chi connectivity index (χ2v) is 3.84. The molecular formula is C11H14N2O2. The highest BCUT2D eigenvalue weighted by atomic mass is 16.4. The molecule has 0 spiro atoms. The number of carbonyl (C=O) groups is 1. The average Bonchev–Trinajstić information content (AvgIpc) is 2.86. The lowest BCUT2D eigenvalue weighted by Crippen LogP contribution is -2.15. The normalized spacial score (nSPS) is 17.5. The maximum Gasteiger partial charge on any atom is 0.328 e. The van der Waals surface area contributed by atoms with Crippen molar-refractivity contribution in [2.24, 2.45) is 0 Å². The third-order valence-corrected chi connectivity index (χ3v) is 2.77. The van der Waals surface area contributed by atoms with Crippen LogP contribution >= 0.6 is 0 Å². The molecule has 0 radical (unpaired) electrons. The first-order valence-corrected chi connectivity index (χ1v) is 5.15. The van der Waals surface area contributed by atoms with Gasteiger partial charge in [0.1, 0.15) is 6.04 Å². The Labute approximate surface area is 88.2 Å². The maximum absolute atomic E-state index is 10.8. The van der Waals surface area contributed by atoms with Crippen molar-refractivity contribution in [2.45, 2.75) is 32.2 Å². The van der Waals surface area contributed by atoms with Crippen LogP contribution in [-0.2, 0) is 4.79 Å².